The fraction of sp³-hybridized carbons (Fsp3) is 0.667. The Balaban J connectivity index is 0.00000289. The number of hydrogen-bond donors (Lipinski definition) is 1. The van der Waals surface area contributed by atoms with Crippen LogP contribution in [0.25, 0.3) is 0 Å². The highest BCUT2D eigenvalue weighted by Gasteiger charge is 2.22. The van der Waals surface area contributed by atoms with Gasteiger partial charge >= 0.3 is 5.97 Å². The number of carbonyl (C=O) groups excluding carboxylic acids is 1. The van der Waals surface area contributed by atoms with Gasteiger partial charge in [-0.05, 0) is 19.3 Å². The molecule has 0 aliphatic carbocycles. The van der Waals surface area contributed by atoms with Crippen LogP contribution in [0.3, 0.4) is 0 Å². The predicted molar refractivity (Wildman–Crippen MR) is 73.6 cm³/mol. The summed E-state index contributed by atoms with van der Waals surface area (Å²) in [6, 6.07) is 1.58. The van der Waals surface area contributed by atoms with E-state index in [-0.39, 0.29) is 29.0 Å². The fourth-order valence-corrected chi connectivity index (χ4v) is 1.60. The van der Waals surface area contributed by atoms with E-state index in [9.17, 15) is 4.79 Å². The van der Waals surface area contributed by atoms with Gasteiger partial charge in [-0.15, -0.1) is 17.0 Å². The minimum Gasteiger partial charge on any atom is -0.468 e. The highest BCUT2D eigenvalue weighted by Crippen LogP contribution is 2.23. The second-order valence-electron chi connectivity index (χ2n) is 4.64. The van der Waals surface area contributed by atoms with Gasteiger partial charge in [0.25, 0.3) is 0 Å². The summed E-state index contributed by atoms with van der Waals surface area (Å²) in [4.78, 5) is 11.3. The SMILES string of the molecule is Br.COC(=O)C(C)c1cc(C(N)CC(C)C)no1. The number of hydrogen-bond acceptors (Lipinski definition) is 5. The average Bonchev–Trinajstić information content (AvgIpc) is 2.75. The first-order valence-corrected chi connectivity index (χ1v) is 5.75. The zero-order chi connectivity index (χ0) is 13.0. The van der Waals surface area contributed by atoms with E-state index in [2.05, 4.69) is 23.7 Å². The van der Waals surface area contributed by atoms with Crippen molar-refractivity contribution in [2.24, 2.45) is 11.7 Å². The number of nitrogens with zero attached hydrogens (tertiary/aromatic N) is 1. The highest BCUT2D eigenvalue weighted by molar-refractivity contribution is 8.93. The maximum atomic E-state index is 11.3. The number of nitrogens with two attached hydrogens (primary N) is 1. The maximum Gasteiger partial charge on any atom is 0.316 e. The standard InChI is InChI=1S/C12H20N2O3.BrH/c1-7(2)5-9(13)10-6-11(17-14-10)8(3)12(15)16-4;/h6-9H,5,13H2,1-4H3;1H. The van der Waals surface area contributed by atoms with Crippen LogP contribution < -0.4 is 5.73 Å². The molecule has 18 heavy (non-hydrogen) atoms. The molecule has 1 aromatic heterocycles. The van der Waals surface area contributed by atoms with Crippen molar-refractivity contribution in [2.75, 3.05) is 7.11 Å². The zero-order valence-corrected chi connectivity index (χ0v) is 12.9. The van der Waals surface area contributed by atoms with Gasteiger partial charge in [0.15, 0.2) is 5.76 Å². The number of ether oxygens (including phenoxy) is 1. The van der Waals surface area contributed by atoms with Crippen LogP contribution in [-0.2, 0) is 9.53 Å². The summed E-state index contributed by atoms with van der Waals surface area (Å²) >= 11 is 0. The number of methoxy groups -OCH3 is 1. The van der Waals surface area contributed by atoms with Crippen LogP contribution in [0, 0.1) is 5.92 Å². The van der Waals surface area contributed by atoms with Gasteiger partial charge < -0.3 is 15.0 Å². The number of rotatable bonds is 5. The minimum atomic E-state index is -0.451. The molecular weight excluding hydrogens is 300 g/mol. The van der Waals surface area contributed by atoms with Crippen molar-refractivity contribution in [2.45, 2.75) is 39.2 Å². The van der Waals surface area contributed by atoms with E-state index in [0.29, 0.717) is 17.4 Å². The Morgan fingerprint density at radius 1 is 1.50 bits per heavy atom. The summed E-state index contributed by atoms with van der Waals surface area (Å²) in [5.41, 5.74) is 6.66. The molecule has 0 fully saturated rings. The number of carbonyl (C=O) groups is 1. The smallest absolute Gasteiger partial charge is 0.316 e. The van der Waals surface area contributed by atoms with Crippen molar-refractivity contribution in [3.05, 3.63) is 17.5 Å². The second kappa shape index (κ2) is 7.53. The van der Waals surface area contributed by atoms with E-state index in [1.54, 1.807) is 13.0 Å². The Hall–Kier alpha value is -0.880. The lowest BCUT2D eigenvalue weighted by Crippen LogP contribution is -2.13. The molecule has 2 unspecified atom stereocenters. The Labute approximate surface area is 118 Å². The van der Waals surface area contributed by atoms with Crippen LogP contribution in [0.5, 0.6) is 0 Å². The molecule has 0 amide bonds. The van der Waals surface area contributed by atoms with Crippen LogP contribution in [0.2, 0.25) is 0 Å². The predicted octanol–water partition coefficient (Wildman–Crippen LogP) is 2.57. The van der Waals surface area contributed by atoms with Crippen molar-refractivity contribution >= 4 is 23.0 Å². The van der Waals surface area contributed by atoms with E-state index < -0.39 is 5.92 Å². The molecule has 0 aliphatic heterocycles. The molecule has 6 heteroatoms. The van der Waals surface area contributed by atoms with Gasteiger partial charge in [-0.3, -0.25) is 4.79 Å². The minimum absolute atomic E-state index is 0. The van der Waals surface area contributed by atoms with Gasteiger partial charge in [0.1, 0.15) is 11.6 Å². The topological polar surface area (TPSA) is 78.4 Å². The molecule has 2 atom stereocenters. The van der Waals surface area contributed by atoms with Crippen molar-refractivity contribution < 1.29 is 14.1 Å². The Kier molecular flexibility index (Phi) is 7.16. The first kappa shape index (κ1) is 17.1. The monoisotopic (exact) mass is 320 g/mol. The molecule has 0 aliphatic rings. The maximum absolute atomic E-state index is 11.3. The average molecular weight is 321 g/mol. The molecule has 0 saturated carbocycles. The molecular formula is C12H21BrN2O3. The molecule has 0 spiro atoms. The molecule has 0 aromatic carbocycles. The summed E-state index contributed by atoms with van der Waals surface area (Å²) in [5.74, 6) is 0.187. The van der Waals surface area contributed by atoms with Crippen LogP contribution in [0.15, 0.2) is 10.6 Å². The van der Waals surface area contributed by atoms with Gasteiger partial charge in [-0.1, -0.05) is 19.0 Å². The molecule has 5 nitrogen and oxygen atoms in total. The van der Waals surface area contributed by atoms with Crippen LogP contribution in [0.1, 0.15) is 50.6 Å². The zero-order valence-electron chi connectivity index (χ0n) is 11.2. The van der Waals surface area contributed by atoms with Crippen molar-refractivity contribution in [1.82, 2.24) is 5.16 Å². The van der Waals surface area contributed by atoms with E-state index >= 15 is 0 Å². The van der Waals surface area contributed by atoms with Gasteiger partial charge in [-0.25, -0.2) is 0 Å². The normalized spacial score (nSPS) is 13.9. The molecule has 0 bridgehead atoms. The van der Waals surface area contributed by atoms with Gasteiger partial charge in [0, 0.05) is 6.07 Å². The second-order valence-corrected chi connectivity index (χ2v) is 4.64. The summed E-state index contributed by atoms with van der Waals surface area (Å²) in [5, 5.41) is 3.90. The first-order chi connectivity index (χ1) is 7.95. The summed E-state index contributed by atoms with van der Waals surface area (Å²) in [6.45, 7) is 5.90. The molecule has 0 radical (unpaired) electrons. The quantitative estimate of drug-likeness (QED) is 0.843. The highest BCUT2D eigenvalue weighted by atomic mass is 79.9. The lowest BCUT2D eigenvalue weighted by Gasteiger charge is -2.10. The van der Waals surface area contributed by atoms with Crippen molar-refractivity contribution in [3.8, 4) is 0 Å². The lowest BCUT2D eigenvalue weighted by atomic mass is 10.0. The van der Waals surface area contributed by atoms with Crippen LogP contribution >= 0.6 is 17.0 Å². The molecule has 1 heterocycles. The molecule has 0 saturated heterocycles. The summed E-state index contributed by atoms with van der Waals surface area (Å²) in [7, 11) is 1.35. The number of aromatic nitrogens is 1. The summed E-state index contributed by atoms with van der Waals surface area (Å²) < 4.78 is 9.76. The Morgan fingerprint density at radius 2 is 2.11 bits per heavy atom. The summed E-state index contributed by atoms with van der Waals surface area (Å²) in [6.07, 6.45) is 0.832. The molecule has 104 valence electrons. The van der Waals surface area contributed by atoms with E-state index in [1.165, 1.54) is 7.11 Å². The third-order valence-electron chi connectivity index (χ3n) is 2.63. The van der Waals surface area contributed by atoms with E-state index in [1.807, 2.05) is 0 Å². The Bertz CT molecular complexity index is 379. The Morgan fingerprint density at radius 3 is 2.61 bits per heavy atom. The van der Waals surface area contributed by atoms with E-state index in [0.717, 1.165) is 6.42 Å². The van der Waals surface area contributed by atoms with Crippen molar-refractivity contribution in [3.63, 3.8) is 0 Å². The van der Waals surface area contributed by atoms with Crippen molar-refractivity contribution in [1.29, 1.82) is 0 Å². The fourth-order valence-electron chi connectivity index (χ4n) is 1.60. The van der Waals surface area contributed by atoms with Gasteiger partial charge in [0.2, 0.25) is 0 Å². The first-order valence-electron chi connectivity index (χ1n) is 5.75. The van der Waals surface area contributed by atoms with E-state index in [4.69, 9.17) is 10.3 Å². The number of halogens is 1. The number of esters is 1. The van der Waals surface area contributed by atoms with Crippen LogP contribution in [0.4, 0.5) is 0 Å². The van der Waals surface area contributed by atoms with Crippen LogP contribution in [-0.4, -0.2) is 18.2 Å². The molecule has 1 rings (SSSR count). The van der Waals surface area contributed by atoms with Gasteiger partial charge in [0.05, 0.1) is 13.2 Å². The largest absolute Gasteiger partial charge is 0.468 e. The lowest BCUT2D eigenvalue weighted by molar-refractivity contribution is -0.142. The van der Waals surface area contributed by atoms with Gasteiger partial charge in [-0.2, -0.15) is 0 Å². The molecule has 2 N–H and O–H groups in total. The third-order valence-corrected chi connectivity index (χ3v) is 2.63. The molecule has 1 aromatic rings. The third kappa shape index (κ3) is 4.42.